The zero-order valence-electron chi connectivity index (χ0n) is 29.6. The van der Waals surface area contributed by atoms with Crippen LogP contribution in [-0.4, -0.2) is 55.5 Å². The van der Waals surface area contributed by atoms with Gasteiger partial charge in [0.05, 0.1) is 6.61 Å². The van der Waals surface area contributed by atoms with E-state index in [1.807, 2.05) is 6.07 Å². The second-order valence-corrected chi connectivity index (χ2v) is 26.6. The molecule has 0 unspecified atom stereocenters. The standard InChI is InChI=1S/C34H55BrFN3O5Si2/c1-21(2)45(22(3)4,23(5)6)42-20-28-30(44-46(24(7)8,25(9)10)26(11)12)34(35,36)32(43-28)39-19-18-29(38-33(39)41)37-31(40)27-16-14-13-15-17-27/h13-19,21-26,28,30,32H,20H2,1-12H3,(H,37,38,40,41)/t28-,30-,32-,34+/m1/s1. The van der Waals surface area contributed by atoms with Crippen molar-refractivity contribution >= 4 is 44.3 Å². The van der Waals surface area contributed by atoms with Gasteiger partial charge in [-0.3, -0.25) is 9.36 Å². The average Bonchev–Trinajstić information content (AvgIpc) is 3.19. The fourth-order valence-electron chi connectivity index (χ4n) is 8.04. The summed E-state index contributed by atoms with van der Waals surface area (Å²) in [7, 11) is -4.95. The highest BCUT2D eigenvalue weighted by Crippen LogP contribution is 2.53. The summed E-state index contributed by atoms with van der Waals surface area (Å²) >= 11 is 3.39. The zero-order valence-corrected chi connectivity index (χ0v) is 33.2. The number of amides is 1. The van der Waals surface area contributed by atoms with Crippen LogP contribution in [0, 0.1) is 0 Å². The van der Waals surface area contributed by atoms with E-state index in [4.69, 9.17) is 13.6 Å². The van der Waals surface area contributed by atoms with Gasteiger partial charge in [0, 0.05) is 11.8 Å². The normalized spacial score (nSPS) is 22.7. The molecule has 1 N–H and O–H groups in total. The predicted octanol–water partition coefficient (Wildman–Crippen LogP) is 9.21. The molecule has 12 heteroatoms. The summed E-state index contributed by atoms with van der Waals surface area (Å²) in [5.41, 5.74) is 1.23. The van der Waals surface area contributed by atoms with Crippen LogP contribution in [0.25, 0.3) is 0 Å². The first-order valence-corrected chi connectivity index (χ1v) is 21.7. The molecule has 0 spiro atoms. The van der Waals surface area contributed by atoms with Crippen LogP contribution < -0.4 is 11.0 Å². The molecule has 1 aromatic heterocycles. The van der Waals surface area contributed by atoms with Crippen molar-refractivity contribution in [2.75, 3.05) is 11.9 Å². The molecular formula is C34H55BrFN3O5Si2. The summed E-state index contributed by atoms with van der Waals surface area (Å²) in [6.07, 6.45) is -1.80. The van der Waals surface area contributed by atoms with Crippen LogP contribution in [0.15, 0.2) is 47.4 Å². The smallest absolute Gasteiger partial charge is 0.351 e. The Hall–Kier alpha value is -1.71. The zero-order chi connectivity index (χ0) is 34.8. The minimum atomic E-state index is -2.61. The van der Waals surface area contributed by atoms with Crippen molar-refractivity contribution in [1.29, 1.82) is 0 Å². The largest absolute Gasteiger partial charge is 0.413 e. The van der Waals surface area contributed by atoms with E-state index in [-0.39, 0.29) is 29.0 Å². The molecule has 0 radical (unpaired) electrons. The molecule has 4 atom stereocenters. The Morgan fingerprint density at radius 1 is 0.913 bits per heavy atom. The van der Waals surface area contributed by atoms with Crippen LogP contribution in [0.4, 0.5) is 10.2 Å². The molecule has 1 aromatic carbocycles. The Labute approximate surface area is 285 Å². The first-order valence-electron chi connectivity index (χ1n) is 16.6. The number of nitrogens with zero attached hydrogens (tertiary/aromatic N) is 2. The highest BCUT2D eigenvalue weighted by atomic mass is 79.9. The maximum atomic E-state index is 17.4. The van der Waals surface area contributed by atoms with Crippen molar-refractivity contribution in [3.63, 3.8) is 0 Å². The van der Waals surface area contributed by atoms with E-state index in [0.717, 1.165) is 4.57 Å². The second-order valence-electron chi connectivity index (χ2n) is 14.5. The van der Waals surface area contributed by atoms with E-state index in [9.17, 15) is 9.59 Å². The molecule has 0 bridgehead atoms. The Balaban J connectivity index is 2.05. The van der Waals surface area contributed by atoms with E-state index >= 15 is 4.39 Å². The van der Waals surface area contributed by atoms with Gasteiger partial charge >= 0.3 is 5.69 Å². The third-order valence-electron chi connectivity index (χ3n) is 9.95. The first kappa shape index (κ1) is 38.7. The minimum absolute atomic E-state index is 0.0623. The lowest BCUT2D eigenvalue weighted by molar-refractivity contribution is -0.0481. The highest BCUT2D eigenvalue weighted by Gasteiger charge is 2.62. The Morgan fingerprint density at radius 3 is 1.87 bits per heavy atom. The quantitative estimate of drug-likeness (QED) is 0.154. The molecule has 8 nitrogen and oxygen atoms in total. The molecule has 46 heavy (non-hydrogen) atoms. The molecule has 1 aliphatic heterocycles. The van der Waals surface area contributed by atoms with Gasteiger partial charge in [-0.05, 0) is 67.4 Å². The molecule has 3 rings (SSSR count). The van der Waals surface area contributed by atoms with Gasteiger partial charge in [-0.15, -0.1) is 0 Å². The van der Waals surface area contributed by atoms with E-state index in [1.165, 1.54) is 12.3 Å². The lowest BCUT2D eigenvalue weighted by atomic mass is 10.1. The van der Waals surface area contributed by atoms with Crippen molar-refractivity contribution in [2.24, 2.45) is 0 Å². The van der Waals surface area contributed by atoms with Gasteiger partial charge in [0.2, 0.25) is 12.9 Å². The summed E-state index contributed by atoms with van der Waals surface area (Å²) < 4.78 is 36.8. The average molecular weight is 741 g/mol. The molecule has 2 aromatic rings. The van der Waals surface area contributed by atoms with Crippen molar-refractivity contribution in [1.82, 2.24) is 9.55 Å². The van der Waals surface area contributed by atoms with Crippen LogP contribution in [-0.2, 0) is 13.6 Å². The van der Waals surface area contributed by atoms with Gasteiger partial charge in [-0.1, -0.05) is 101 Å². The van der Waals surface area contributed by atoms with Crippen LogP contribution in [0.5, 0.6) is 0 Å². The number of carbonyl (C=O) groups excluding carboxylic acids is 1. The van der Waals surface area contributed by atoms with Crippen molar-refractivity contribution < 1.29 is 22.8 Å². The lowest BCUT2D eigenvalue weighted by Gasteiger charge is -2.46. The monoisotopic (exact) mass is 739 g/mol. The number of halogens is 2. The number of nitrogens with one attached hydrogen (secondary N) is 1. The fraction of sp³-hybridized carbons (Fsp3) is 0.676. The summed E-state index contributed by atoms with van der Waals surface area (Å²) in [5.74, 6) is -0.342. The Kier molecular flexibility index (Phi) is 12.8. The third kappa shape index (κ3) is 7.46. The number of ether oxygens (including phenoxy) is 1. The number of carbonyl (C=O) groups is 1. The summed E-state index contributed by atoms with van der Waals surface area (Å²) in [5, 5.41) is 2.65. The Bertz CT molecular complexity index is 1330. The maximum Gasteiger partial charge on any atom is 0.351 e. The molecule has 1 saturated heterocycles. The van der Waals surface area contributed by atoms with Gasteiger partial charge < -0.3 is 18.9 Å². The fourth-order valence-corrected chi connectivity index (χ4v) is 20.0. The lowest BCUT2D eigenvalue weighted by Crippen LogP contribution is -2.56. The summed E-state index contributed by atoms with van der Waals surface area (Å²) in [4.78, 5) is 30.2. The van der Waals surface area contributed by atoms with Crippen LogP contribution in [0.2, 0.25) is 33.2 Å². The van der Waals surface area contributed by atoms with Crippen molar-refractivity contribution in [3.05, 3.63) is 58.6 Å². The highest BCUT2D eigenvalue weighted by molar-refractivity contribution is 9.10. The van der Waals surface area contributed by atoms with Gasteiger partial charge in [0.1, 0.15) is 18.0 Å². The van der Waals surface area contributed by atoms with Crippen LogP contribution in [0.1, 0.15) is 99.7 Å². The van der Waals surface area contributed by atoms with E-state index in [0.29, 0.717) is 22.2 Å². The second kappa shape index (κ2) is 15.2. The number of benzene rings is 1. The van der Waals surface area contributed by atoms with Gasteiger partial charge in [-0.2, -0.15) is 4.98 Å². The Morgan fingerprint density at radius 2 is 1.41 bits per heavy atom. The number of hydrogen-bond acceptors (Lipinski definition) is 6. The number of hydrogen-bond donors (Lipinski definition) is 1. The topological polar surface area (TPSA) is 91.7 Å². The van der Waals surface area contributed by atoms with Crippen LogP contribution >= 0.6 is 15.9 Å². The van der Waals surface area contributed by atoms with E-state index < -0.39 is 51.2 Å². The van der Waals surface area contributed by atoms with Gasteiger partial charge in [-0.25, -0.2) is 9.18 Å². The van der Waals surface area contributed by atoms with Crippen molar-refractivity contribution in [2.45, 2.75) is 139 Å². The summed E-state index contributed by atoms with van der Waals surface area (Å²) in [6, 6.07) is 10.1. The third-order valence-corrected chi connectivity index (χ3v) is 23.0. The molecule has 1 aliphatic rings. The summed E-state index contributed by atoms with van der Waals surface area (Å²) in [6.45, 7) is 26.3. The molecule has 2 heterocycles. The van der Waals surface area contributed by atoms with E-state index in [2.05, 4.69) is 109 Å². The molecule has 1 fully saturated rings. The number of anilines is 1. The maximum absolute atomic E-state index is 17.4. The molecular weight excluding hydrogens is 685 g/mol. The molecule has 0 saturated carbocycles. The van der Waals surface area contributed by atoms with Crippen LogP contribution in [0.3, 0.4) is 0 Å². The number of alkyl halides is 2. The number of rotatable bonds is 14. The predicted molar refractivity (Wildman–Crippen MR) is 192 cm³/mol. The molecule has 258 valence electrons. The molecule has 1 amide bonds. The van der Waals surface area contributed by atoms with Crippen molar-refractivity contribution in [3.8, 4) is 0 Å². The number of aromatic nitrogens is 2. The van der Waals surface area contributed by atoms with E-state index in [1.54, 1.807) is 24.3 Å². The SMILES string of the molecule is CC(C)[Si](OC[C@H]1O[C@@H](n2ccc(NC(=O)c3ccccc3)nc2=O)[C@](F)(Br)[C@@H]1O[Si](C(C)C)(C(C)C)C(C)C)(C(C)C)C(C)C. The molecule has 0 aliphatic carbocycles. The van der Waals surface area contributed by atoms with Gasteiger partial charge in [0.15, 0.2) is 14.5 Å². The minimum Gasteiger partial charge on any atom is -0.413 e. The first-order chi connectivity index (χ1) is 21.3. The van der Waals surface area contributed by atoms with Gasteiger partial charge in [0.25, 0.3) is 5.91 Å².